The van der Waals surface area contributed by atoms with Gasteiger partial charge in [0.25, 0.3) is 0 Å². The maximum absolute atomic E-state index is 12.7. The molecule has 1 aliphatic carbocycles. The first kappa shape index (κ1) is 13.5. The van der Waals surface area contributed by atoms with E-state index < -0.39 is 0 Å². The van der Waals surface area contributed by atoms with E-state index in [9.17, 15) is 9.59 Å². The molecule has 0 unspecified atom stereocenters. The van der Waals surface area contributed by atoms with E-state index >= 15 is 0 Å². The highest BCUT2D eigenvalue weighted by Gasteiger charge is 2.31. The van der Waals surface area contributed by atoms with Crippen LogP contribution in [0.2, 0.25) is 0 Å². The molecule has 0 spiro atoms. The predicted octanol–water partition coefficient (Wildman–Crippen LogP) is 2.11. The molecule has 2 aromatic rings. The number of ketones is 2. The van der Waals surface area contributed by atoms with Crippen molar-refractivity contribution in [3.05, 3.63) is 64.2 Å². The summed E-state index contributed by atoms with van der Waals surface area (Å²) >= 11 is 0. The summed E-state index contributed by atoms with van der Waals surface area (Å²) in [6.45, 7) is 0.627. The van der Waals surface area contributed by atoms with Crippen LogP contribution in [0.5, 0.6) is 0 Å². The number of hydrogen-bond acceptors (Lipinski definition) is 4. The van der Waals surface area contributed by atoms with Gasteiger partial charge in [-0.25, -0.2) is 0 Å². The standard InChI is InChI=1S/C17H16N2O2/c1-19(2)9-10-7-8-13-14(15(10)18)17(21)12-6-4-3-5-11(12)16(13)20/h3-8H,9,18H2,1-2H3. The van der Waals surface area contributed by atoms with Crippen molar-refractivity contribution < 1.29 is 9.59 Å². The Morgan fingerprint density at radius 3 is 2.14 bits per heavy atom. The number of carbonyl (C=O) groups is 2. The number of anilines is 1. The molecule has 0 amide bonds. The third-order valence-corrected chi connectivity index (χ3v) is 3.71. The highest BCUT2D eigenvalue weighted by molar-refractivity contribution is 6.30. The molecule has 21 heavy (non-hydrogen) atoms. The second-order valence-electron chi connectivity index (χ2n) is 5.50. The molecular weight excluding hydrogens is 264 g/mol. The average molecular weight is 280 g/mol. The van der Waals surface area contributed by atoms with Crippen molar-refractivity contribution in [2.24, 2.45) is 0 Å². The van der Waals surface area contributed by atoms with Gasteiger partial charge in [-0.2, -0.15) is 0 Å². The van der Waals surface area contributed by atoms with Gasteiger partial charge in [0, 0.05) is 28.9 Å². The Kier molecular flexibility index (Phi) is 3.11. The highest BCUT2D eigenvalue weighted by atomic mass is 16.1. The first-order valence-corrected chi connectivity index (χ1v) is 6.75. The second-order valence-corrected chi connectivity index (χ2v) is 5.50. The zero-order chi connectivity index (χ0) is 15.1. The van der Waals surface area contributed by atoms with E-state index in [4.69, 9.17) is 5.73 Å². The normalized spacial score (nSPS) is 13.3. The number of nitrogens with two attached hydrogens (primary N) is 1. The quantitative estimate of drug-likeness (QED) is 0.730. The predicted molar refractivity (Wildman–Crippen MR) is 81.6 cm³/mol. The van der Waals surface area contributed by atoms with E-state index in [0.717, 1.165) is 5.56 Å². The number of nitrogens with zero attached hydrogens (tertiary/aromatic N) is 1. The van der Waals surface area contributed by atoms with Gasteiger partial charge < -0.3 is 10.6 Å². The fourth-order valence-electron chi connectivity index (χ4n) is 2.73. The van der Waals surface area contributed by atoms with Gasteiger partial charge in [0.15, 0.2) is 11.6 Å². The molecule has 0 saturated carbocycles. The van der Waals surface area contributed by atoms with Crippen molar-refractivity contribution in [2.45, 2.75) is 6.54 Å². The smallest absolute Gasteiger partial charge is 0.196 e. The Balaban J connectivity index is 2.21. The summed E-state index contributed by atoms with van der Waals surface area (Å²) in [7, 11) is 3.86. The largest absolute Gasteiger partial charge is 0.398 e. The molecule has 0 radical (unpaired) electrons. The third kappa shape index (κ3) is 2.04. The minimum Gasteiger partial charge on any atom is -0.398 e. The van der Waals surface area contributed by atoms with Crippen LogP contribution in [0.1, 0.15) is 37.4 Å². The van der Waals surface area contributed by atoms with Crippen LogP contribution in [0.15, 0.2) is 36.4 Å². The maximum Gasteiger partial charge on any atom is 0.196 e. The van der Waals surface area contributed by atoms with Crippen molar-refractivity contribution in [3.63, 3.8) is 0 Å². The van der Waals surface area contributed by atoms with Gasteiger partial charge in [-0.15, -0.1) is 0 Å². The first-order valence-electron chi connectivity index (χ1n) is 6.75. The van der Waals surface area contributed by atoms with Gasteiger partial charge in [0.1, 0.15) is 0 Å². The van der Waals surface area contributed by atoms with E-state index in [1.165, 1.54) is 0 Å². The SMILES string of the molecule is CN(C)Cc1ccc2c(c1N)C(=O)c1ccccc1C2=O. The van der Waals surface area contributed by atoms with Crippen molar-refractivity contribution in [3.8, 4) is 0 Å². The molecule has 2 aromatic carbocycles. The molecule has 106 valence electrons. The molecule has 0 bridgehead atoms. The lowest BCUT2D eigenvalue weighted by atomic mass is 9.82. The summed E-state index contributed by atoms with van der Waals surface area (Å²) in [5.41, 5.74) is 9.07. The van der Waals surface area contributed by atoms with Crippen LogP contribution < -0.4 is 5.73 Å². The average Bonchev–Trinajstić information content (AvgIpc) is 2.46. The van der Waals surface area contributed by atoms with Gasteiger partial charge in [-0.1, -0.05) is 30.3 Å². The Morgan fingerprint density at radius 2 is 1.52 bits per heavy atom. The van der Waals surface area contributed by atoms with Gasteiger partial charge >= 0.3 is 0 Å². The molecule has 3 rings (SSSR count). The van der Waals surface area contributed by atoms with E-state index in [2.05, 4.69) is 0 Å². The monoisotopic (exact) mass is 280 g/mol. The number of hydrogen-bond donors (Lipinski definition) is 1. The van der Waals surface area contributed by atoms with Crippen molar-refractivity contribution in [1.29, 1.82) is 0 Å². The van der Waals surface area contributed by atoms with Crippen molar-refractivity contribution in [2.75, 3.05) is 19.8 Å². The zero-order valence-corrected chi connectivity index (χ0v) is 12.0. The van der Waals surface area contributed by atoms with Crippen molar-refractivity contribution >= 4 is 17.3 Å². The summed E-state index contributed by atoms with van der Waals surface area (Å²) in [6, 6.07) is 10.4. The Labute approximate surface area is 123 Å². The molecule has 0 saturated heterocycles. The van der Waals surface area contributed by atoms with E-state index in [1.807, 2.05) is 25.1 Å². The molecular formula is C17H16N2O2. The van der Waals surface area contributed by atoms with E-state index in [-0.39, 0.29) is 11.6 Å². The fourth-order valence-corrected chi connectivity index (χ4v) is 2.73. The van der Waals surface area contributed by atoms with Crippen LogP contribution in [0.3, 0.4) is 0 Å². The number of nitrogen functional groups attached to an aromatic ring is 1. The molecule has 0 aliphatic heterocycles. The molecule has 4 heteroatoms. The lowest BCUT2D eigenvalue weighted by molar-refractivity contribution is 0.0979. The minimum absolute atomic E-state index is 0.136. The molecule has 0 fully saturated rings. The second kappa shape index (κ2) is 4.82. The van der Waals surface area contributed by atoms with Gasteiger partial charge in [-0.05, 0) is 25.7 Å². The summed E-state index contributed by atoms with van der Waals surface area (Å²) < 4.78 is 0. The fraction of sp³-hybridized carbons (Fsp3) is 0.176. The summed E-state index contributed by atoms with van der Waals surface area (Å²) in [4.78, 5) is 27.2. The number of carbonyl (C=O) groups excluding carboxylic acids is 2. The summed E-state index contributed by atoms with van der Waals surface area (Å²) in [5, 5.41) is 0. The Hall–Kier alpha value is -2.46. The zero-order valence-electron chi connectivity index (χ0n) is 12.0. The van der Waals surface area contributed by atoms with Gasteiger partial charge in [0.2, 0.25) is 0 Å². The topological polar surface area (TPSA) is 63.4 Å². The van der Waals surface area contributed by atoms with Crippen molar-refractivity contribution in [1.82, 2.24) is 4.90 Å². The molecule has 0 aromatic heterocycles. The number of benzene rings is 2. The minimum atomic E-state index is -0.168. The Morgan fingerprint density at radius 1 is 0.905 bits per heavy atom. The molecule has 0 atom stereocenters. The van der Waals surface area contributed by atoms with Crippen LogP contribution in [0, 0.1) is 0 Å². The molecule has 1 aliphatic rings. The lowest BCUT2D eigenvalue weighted by Crippen LogP contribution is -2.23. The van der Waals surface area contributed by atoms with Crippen LogP contribution in [-0.4, -0.2) is 30.6 Å². The van der Waals surface area contributed by atoms with Gasteiger partial charge in [0.05, 0.1) is 5.56 Å². The van der Waals surface area contributed by atoms with Crippen LogP contribution in [-0.2, 0) is 6.54 Å². The maximum atomic E-state index is 12.7. The van der Waals surface area contributed by atoms with E-state index in [1.54, 1.807) is 30.3 Å². The van der Waals surface area contributed by atoms with Crippen LogP contribution >= 0.6 is 0 Å². The highest BCUT2D eigenvalue weighted by Crippen LogP contribution is 2.32. The van der Waals surface area contributed by atoms with E-state index in [0.29, 0.717) is 34.5 Å². The summed E-state index contributed by atoms with van der Waals surface area (Å²) in [5.74, 6) is -0.304. The molecule has 2 N–H and O–H groups in total. The summed E-state index contributed by atoms with van der Waals surface area (Å²) in [6.07, 6.45) is 0. The molecule has 4 nitrogen and oxygen atoms in total. The van der Waals surface area contributed by atoms with Gasteiger partial charge in [-0.3, -0.25) is 9.59 Å². The Bertz CT molecular complexity index is 763. The number of rotatable bonds is 2. The first-order chi connectivity index (χ1) is 10.0. The lowest BCUT2D eigenvalue weighted by Gasteiger charge is -2.21. The number of fused-ring (bicyclic) bond motifs is 2. The van der Waals surface area contributed by atoms with Crippen LogP contribution in [0.25, 0.3) is 0 Å². The molecule has 0 heterocycles. The van der Waals surface area contributed by atoms with Crippen LogP contribution in [0.4, 0.5) is 5.69 Å². The third-order valence-electron chi connectivity index (χ3n) is 3.71.